The molecule has 0 radical (unpaired) electrons. The molecule has 28 heavy (non-hydrogen) atoms. The van der Waals surface area contributed by atoms with Gasteiger partial charge >= 0.3 is 0 Å². The van der Waals surface area contributed by atoms with Gasteiger partial charge in [-0.05, 0) is 50.9 Å². The second kappa shape index (κ2) is 10.9. The van der Waals surface area contributed by atoms with Crippen molar-refractivity contribution in [3.05, 3.63) is 29.8 Å². The van der Waals surface area contributed by atoms with Crippen molar-refractivity contribution in [2.45, 2.75) is 62.3 Å². The lowest BCUT2D eigenvalue weighted by Gasteiger charge is -2.30. The predicted molar refractivity (Wildman–Crippen MR) is 115 cm³/mol. The summed E-state index contributed by atoms with van der Waals surface area (Å²) >= 11 is 0. The Labute approximate surface area is 171 Å². The number of nitrogens with one attached hydrogen (secondary N) is 3. The molecular weight excluding hydrogens is 396 g/mol. The van der Waals surface area contributed by atoms with Crippen LogP contribution in [0.4, 0.5) is 0 Å². The molecule has 1 aromatic carbocycles. The third-order valence-electron chi connectivity index (χ3n) is 4.89. The molecule has 1 fully saturated rings. The minimum absolute atomic E-state index is 0.241. The highest BCUT2D eigenvalue weighted by Crippen LogP contribution is 2.23. The average molecular weight is 429 g/mol. The van der Waals surface area contributed by atoms with Gasteiger partial charge in [0.2, 0.25) is 10.0 Å². The van der Waals surface area contributed by atoms with Gasteiger partial charge in [-0.2, -0.15) is 0 Å². The Morgan fingerprint density at radius 2 is 1.93 bits per heavy atom. The highest BCUT2D eigenvalue weighted by atomic mass is 32.2. The van der Waals surface area contributed by atoms with Crippen molar-refractivity contribution in [3.8, 4) is 0 Å². The summed E-state index contributed by atoms with van der Waals surface area (Å²) in [5, 5.41) is 7.00. The van der Waals surface area contributed by atoms with Crippen molar-refractivity contribution < 1.29 is 12.6 Å². The predicted octanol–water partition coefficient (Wildman–Crippen LogP) is 1.73. The van der Waals surface area contributed by atoms with Gasteiger partial charge in [-0.1, -0.05) is 25.5 Å². The van der Waals surface area contributed by atoms with E-state index in [0.29, 0.717) is 12.3 Å². The highest BCUT2D eigenvalue weighted by molar-refractivity contribution is 7.89. The first-order chi connectivity index (χ1) is 13.4. The molecule has 0 saturated heterocycles. The van der Waals surface area contributed by atoms with E-state index in [-0.39, 0.29) is 16.2 Å². The lowest BCUT2D eigenvalue weighted by atomic mass is 9.95. The van der Waals surface area contributed by atoms with Crippen LogP contribution >= 0.6 is 0 Å². The maximum Gasteiger partial charge on any atom is 0.240 e. The molecule has 2 rings (SSSR count). The number of sulfonamides is 1. The Bertz CT molecular complexity index is 779. The van der Waals surface area contributed by atoms with Crippen LogP contribution < -0.4 is 15.4 Å². The van der Waals surface area contributed by atoms with E-state index >= 15 is 0 Å². The monoisotopic (exact) mass is 428 g/mol. The average Bonchev–Trinajstić information content (AvgIpc) is 2.72. The van der Waals surface area contributed by atoms with Crippen molar-refractivity contribution in [2.24, 2.45) is 4.99 Å². The van der Waals surface area contributed by atoms with Crippen molar-refractivity contribution in [1.82, 2.24) is 15.4 Å². The van der Waals surface area contributed by atoms with Gasteiger partial charge in [-0.25, -0.2) is 18.1 Å². The van der Waals surface area contributed by atoms with E-state index in [1.165, 1.54) is 7.05 Å². The summed E-state index contributed by atoms with van der Waals surface area (Å²) in [5.41, 5.74) is 0.931. The fourth-order valence-corrected chi connectivity index (χ4v) is 5.40. The maximum atomic E-state index is 12.1. The van der Waals surface area contributed by atoms with Gasteiger partial charge in [0.25, 0.3) is 0 Å². The minimum Gasteiger partial charge on any atom is -0.357 e. The molecule has 0 spiro atoms. The van der Waals surface area contributed by atoms with Crippen molar-refractivity contribution in [3.63, 3.8) is 0 Å². The number of aliphatic imine (C=N–C) groups is 1. The molecule has 158 valence electrons. The van der Waals surface area contributed by atoms with Crippen molar-refractivity contribution >= 4 is 26.8 Å². The lowest BCUT2D eigenvalue weighted by Crippen LogP contribution is -2.46. The standard InChI is InChI=1S/C19H32N4O3S2/c1-4-21-19(23-16-7-6-8-17(13-16)27(24)5-2)22-14-15-9-11-18(12-10-15)28(25,26)20-3/h9-12,16-17,20H,4-8,13-14H2,1-3H3,(H2,21,22,23). The zero-order chi connectivity index (χ0) is 20.6. The van der Waals surface area contributed by atoms with Crippen LogP contribution in [-0.4, -0.2) is 49.2 Å². The molecular formula is C19H32N4O3S2. The molecule has 1 saturated carbocycles. The zero-order valence-electron chi connectivity index (χ0n) is 16.9. The summed E-state index contributed by atoms with van der Waals surface area (Å²) in [7, 11) is -2.78. The Balaban J connectivity index is 2.01. The van der Waals surface area contributed by atoms with E-state index in [1.54, 1.807) is 24.3 Å². The van der Waals surface area contributed by atoms with Crippen LogP contribution in [0.1, 0.15) is 45.1 Å². The summed E-state index contributed by atoms with van der Waals surface area (Å²) < 4.78 is 38.1. The van der Waals surface area contributed by atoms with Crippen LogP contribution in [0.15, 0.2) is 34.2 Å². The molecule has 0 heterocycles. The van der Waals surface area contributed by atoms with E-state index in [9.17, 15) is 12.6 Å². The SMILES string of the molecule is CCNC(=NCc1ccc(S(=O)(=O)NC)cc1)NC1CCCC(S(=O)CC)C1. The molecule has 3 atom stereocenters. The van der Waals surface area contributed by atoms with E-state index in [0.717, 1.165) is 43.8 Å². The fourth-order valence-electron chi connectivity index (χ4n) is 3.33. The number of rotatable bonds is 8. The van der Waals surface area contributed by atoms with Crippen LogP contribution in [0.3, 0.4) is 0 Å². The molecule has 7 nitrogen and oxygen atoms in total. The van der Waals surface area contributed by atoms with Gasteiger partial charge in [0.05, 0.1) is 11.4 Å². The topological polar surface area (TPSA) is 99.7 Å². The Morgan fingerprint density at radius 1 is 1.21 bits per heavy atom. The molecule has 3 unspecified atom stereocenters. The van der Waals surface area contributed by atoms with Crippen LogP contribution in [0.5, 0.6) is 0 Å². The number of nitrogens with zero attached hydrogens (tertiary/aromatic N) is 1. The molecule has 9 heteroatoms. The first-order valence-electron chi connectivity index (χ1n) is 9.84. The Hall–Kier alpha value is -1.45. The second-order valence-corrected chi connectivity index (χ2v) is 10.7. The molecule has 1 aliphatic rings. The van der Waals surface area contributed by atoms with E-state index in [1.807, 2.05) is 13.8 Å². The third-order valence-corrected chi connectivity index (χ3v) is 8.06. The smallest absolute Gasteiger partial charge is 0.240 e. The number of guanidine groups is 1. The lowest BCUT2D eigenvalue weighted by molar-refractivity contribution is 0.413. The number of hydrogen-bond acceptors (Lipinski definition) is 4. The van der Waals surface area contributed by atoms with Crippen LogP contribution in [0, 0.1) is 0 Å². The van der Waals surface area contributed by atoms with Crippen LogP contribution in [0.25, 0.3) is 0 Å². The van der Waals surface area contributed by atoms with Crippen molar-refractivity contribution in [1.29, 1.82) is 0 Å². The van der Waals surface area contributed by atoms with Gasteiger partial charge < -0.3 is 10.6 Å². The third kappa shape index (κ3) is 6.56. The Kier molecular flexibility index (Phi) is 8.91. The van der Waals surface area contributed by atoms with Gasteiger partial charge in [0, 0.05) is 34.4 Å². The second-order valence-electron chi connectivity index (χ2n) is 6.85. The summed E-state index contributed by atoms with van der Waals surface area (Å²) in [5.74, 6) is 1.45. The summed E-state index contributed by atoms with van der Waals surface area (Å²) in [4.78, 5) is 4.87. The number of hydrogen-bond donors (Lipinski definition) is 3. The maximum absolute atomic E-state index is 12.1. The fraction of sp³-hybridized carbons (Fsp3) is 0.632. The molecule has 0 aliphatic heterocycles. The van der Waals surface area contributed by atoms with Crippen LogP contribution in [-0.2, 0) is 27.4 Å². The summed E-state index contributed by atoms with van der Waals surface area (Å²) in [6.45, 7) is 5.20. The van der Waals surface area contributed by atoms with E-state index < -0.39 is 20.8 Å². The zero-order valence-corrected chi connectivity index (χ0v) is 18.5. The Morgan fingerprint density at radius 3 is 2.54 bits per heavy atom. The van der Waals surface area contributed by atoms with E-state index in [2.05, 4.69) is 20.3 Å². The minimum atomic E-state index is -3.42. The van der Waals surface area contributed by atoms with Crippen LogP contribution in [0.2, 0.25) is 0 Å². The highest BCUT2D eigenvalue weighted by Gasteiger charge is 2.26. The van der Waals surface area contributed by atoms with E-state index in [4.69, 9.17) is 0 Å². The molecule has 0 bridgehead atoms. The number of benzene rings is 1. The first-order valence-corrected chi connectivity index (χ1v) is 12.7. The molecule has 3 N–H and O–H groups in total. The largest absolute Gasteiger partial charge is 0.357 e. The van der Waals surface area contributed by atoms with Gasteiger partial charge in [0.15, 0.2) is 5.96 Å². The molecule has 0 aromatic heterocycles. The molecule has 1 aromatic rings. The van der Waals surface area contributed by atoms with Crippen molar-refractivity contribution in [2.75, 3.05) is 19.3 Å². The first kappa shape index (κ1) is 22.8. The van der Waals surface area contributed by atoms with Gasteiger partial charge in [0.1, 0.15) is 0 Å². The molecule has 1 aliphatic carbocycles. The summed E-state index contributed by atoms with van der Waals surface area (Å²) in [6.07, 6.45) is 4.07. The van der Waals surface area contributed by atoms with Gasteiger partial charge in [-0.15, -0.1) is 0 Å². The normalized spacial score (nSPS) is 21.9. The summed E-state index contributed by atoms with van der Waals surface area (Å²) in [6, 6.07) is 7.00. The molecule has 0 amide bonds. The van der Waals surface area contributed by atoms with Gasteiger partial charge in [-0.3, -0.25) is 4.21 Å². The quantitative estimate of drug-likeness (QED) is 0.433.